The maximum Gasteiger partial charge on any atom is 0.310 e. The number of piperidine rings is 1. The lowest BCUT2D eigenvalue weighted by Crippen LogP contribution is -2.48. The van der Waals surface area contributed by atoms with Crippen LogP contribution in [0, 0.1) is 9.49 Å². The lowest BCUT2D eigenvalue weighted by molar-refractivity contribution is -0.148. The van der Waals surface area contributed by atoms with Crippen molar-refractivity contribution in [3.8, 4) is 0 Å². The molecule has 2 fully saturated rings. The van der Waals surface area contributed by atoms with Gasteiger partial charge in [-0.1, -0.05) is 12.1 Å². The van der Waals surface area contributed by atoms with E-state index in [0.29, 0.717) is 12.0 Å². The van der Waals surface area contributed by atoms with E-state index in [1.54, 1.807) is 0 Å². The average Bonchev–Trinajstić information content (AvgIpc) is 2.80. The number of ether oxygens (including phenoxy) is 1. The number of halogens is 1. The predicted octanol–water partition coefficient (Wildman–Crippen LogP) is 2.69. The Labute approximate surface area is 127 Å². The lowest BCUT2D eigenvalue weighted by Gasteiger charge is -2.36. The van der Waals surface area contributed by atoms with Crippen LogP contribution in [0.25, 0.3) is 0 Å². The summed E-state index contributed by atoms with van der Waals surface area (Å²) in [6, 6.07) is 9.41. The zero-order valence-electron chi connectivity index (χ0n) is 10.9. The van der Waals surface area contributed by atoms with Crippen LogP contribution in [-0.4, -0.2) is 25.2 Å². The highest BCUT2D eigenvalue weighted by Gasteiger charge is 2.46. The topological polar surface area (TPSA) is 38.3 Å². The van der Waals surface area contributed by atoms with E-state index in [1.165, 1.54) is 22.7 Å². The minimum atomic E-state index is -0.0681. The third-order valence-electron chi connectivity index (χ3n) is 4.45. The van der Waals surface area contributed by atoms with Crippen LogP contribution in [0.5, 0.6) is 0 Å². The van der Waals surface area contributed by atoms with Crippen molar-refractivity contribution in [3.63, 3.8) is 0 Å². The fourth-order valence-electron chi connectivity index (χ4n) is 3.57. The summed E-state index contributed by atoms with van der Waals surface area (Å²) in [5.41, 5.74) is 1.27. The number of carbonyl (C=O) groups excluding carboxylic acids is 1. The van der Waals surface area contributed by atoms with Crippen molar-refractivity contribution in [1.82, 2.24) is 5.32 Å². The van der Waals surface area contributed by atoms with Crippen LogP contribution in [-0.2, 0) is 9.53 Å². The van der Waals surface area contributed by atoms with E-state index in [9.17, 15) is 4.79 Å². The van der Waals surface area contributed by atoms with Gasteiger partial charge in [0.2, 0.25) is 0 Å². The molecular weight excluding hydrogens is 353 g/mol. The molecule has 4 atom stereocenters. The van der Waals surface area contributed by atoms with E-state index < -0.39 is 0 Å². The summed E-state index contributed by atoms with van der Waals surface area (Å²) in [4.78, 5) is 12.1. The van der Waals surface area contributed by atoms with Crippen molar-refractivity contribution in [2.75, 3.05) is 7.11 Å². The molecule has 0 aliphatic carbocycles. The summed E-state index contributed by atoms with van der Waals surface area (Å²) < 4.78 is 6.26. The molecule has 0 spiro atoms. The second-order valence-corrected chi connectivity index (χ2v) is 6.74. The molecule has 2 saturated heterocycles. The van der Waals surface area contributed by atoms with E-state index in [0.717, 1.165) is 12.8 Å². The molecule has 1 aromatic carbocycles. The molecule has 2 bridgehead atoms. The Morgan fingerprint density at radius 3 is 2.74 bits per heavy atom. The average molecular weight is 371 g/mol. The molecule has 0 saturated carbocycles. The van der Waals surface area contributed by atoms with Gasteiger partial charge in [0.15, 0.2) is 0 Å². The van der Waals surface area contributed by atoms with Crippen LogP contribution in [0.2, 0.25) is 0 Å². The van der Waals surface area contributed by atoms with Crippen molar-refractivity contribution in [2.45, 2.75) is 37.3 Å². The van der Waals surface area contributed by atoms with Crippen molar-refractivity contribution < 1.29 is 9.53 Å². The summed E-state index contributed by atoms with van der Waals surface area (Å²) >= 11 is 2.31. The molecule has 19 heavy (non-hydrogen) atoms. The summed E-state index contributed by atoms with van der Waals surface area (Å²) in [5.74, 6) is 0.188. The minimum absolute atomic E-state index is 0.0381. The van der Waals surface area contributed by atoms with Crippen LogP contribution in [0.4, 0.5) is 0 Å². The van der Waals surface area contributed by atoms with Gasteiger partial charge in [-0.2, -0.15) is 0 Å². The molecular formula is C15H18INO2. The number of carbonyl (C=O) groups is 1. The zero-order valence-corrected chi connectivity index (χ0v) is 13.1. The number of methoxy groups -OCH3 is 1. The second-order valence-electron chi connectivity index (χ2n) is 5.49. The van der Waals surface area contributed by atoms with Gasteiger partial charge in [-0.25, -0.2) is 0 Å². The fraction of sp³-hybridized carbons (Fsp3) is 0.533. The molecule has 1 N–H and O–H groups in total. The summed E-state index contributed by atoms with van der Waals surface area (Å²) in [6.07, 6.45) is 3.31. The van der Waals surface area contributed by atoms with E-state index in [-0.39, 0.29) is 17.9 Å². The van der Waals surface area contributed by atoms with Gasteiger partial charge in [0, 0.05) is 21.6 Å². The van der Waals surface area contributed by atoms with Crippen LogP contribution in [0.15, 0.2) is 24.3 Å². The molecule has 102 valence electrons. The van der Waals surface area contributed by atoms with E-state index in [4.69, 9.17) is 4.74 Å². The molecule has 3 rings (SSSR count). The van der Waals surface area contributed by atoms with E-state index in [2.05, 4.69) is 52.2 Å². The van der Waals surface area contributed by atoms with Gasteiger partial charge < -0.3 is 10.1 Å². The highest BCUT2D eigenvalue weighted by Crippen LogP contribution is 2.42. The Balaban J connectivity index is 1.92. The maximum absolute atomic E-state index is 12.1. The lowest BCUT2D eigenvalue weighted by atomic mass is 9.77. The van der Waals surface area contributed by atoms with Crippen molar-refractivity contribution in [2.24, 2.45) is 5.92 Å². The molecule has 2 aliphatic rings. The largest absolute Gasteiger partial charge is 0.469 e. The number of hydrogen-bond donors (Lipinski definition) is 1. The molecule has 0 radical (unpaired) electrons. The fourth-order valence-corrected chi connectivity index (χ4v) is 3.93. The first-order valence-electron chi connectivity index (χ1n) is 6.78. The number of hydrogen-bond acceptors (Lipinski definition) is 3. The monoisotopic (exact) mass is 371 g/mol. The van der Waals surface area contributed by atoms with Gasteiger partial charge in [-0.3, -0.25) is 4.79 Å². The van der Waals surface area contributed by atoms with E-state index >= 15 is 0 Å². The number of benzene rings is 1. The predicted molar refractivity (Wildman–Crippen MR) is 82.0 cm³/mol. The molecule has 2 aliphatic heterocycles. The molecule has 0 amide bonds. The van der Waals surface area contributed by atoms with Gasteiger partial charge >= 0.3 is 5.97 Å². The zero-order chi connectivity index (χ0) is 13.4. The van der Waals surface area contributed by atoms with Crippen LogP contribution in [0.1, 0.15) is 30.7 Å². The van der Waals surface area contributed by atoms with Crippen LogP contribution < -0.4 is 5.32 Å². The highest BCUT2D eigenvalue weighted by molar-refractivity contribution is 14.1. The molecule has 1 unspecified atom stereocenters. The quantitative estimate of drug-likeness (QED) is 0.642. The van der Waals surface area contributed by atoms with Crippen molar-refractivity contribution in [3.05, 3.63) is 33.4 Å². The highest BCUT2D eigenvalue weighted by atomic mass is 127. The van der Waals surface area contributed by atoms with Gasteiger partial charge in [-0.05, 0) is 59.5 Å². The minimum Gasteiger partial charge on any atom is -0.469 e. The van der Waals surface area contributed by atoms with E-state index in [1.807, 2.05) is 0 Å². The molecule has 4 heteroatoms. The number of fused-ring (bicyclic) bond motifs is 2. The normalized spacial score (nSPS) is 33.2. The van der Waals surface area contributed by atoms with Gasteiger partial charge in [0.05, 0.1) is 13.0 Å². The molecule has 0 aromatic heterocycles. The summed E-state index contributed by atoms with van der Waals surface area (Å²) in [7, 11) is 1.49. The first-order chi connectivity index (χ1) is 9.19. The van der Waals surface area contributed by atoms with Crippen molar-refractivity contribution in [1.29, 1.82) is 0 Å². The maximum atomic E-state index is 12.1. The van der Waals surface area contributed by atoms with Crippen LogP contribution in [0.3, 0.4) is 0 Å². The third-order valence-corrected chi connectivity index (χ3v) is 5.17. The molecule has 2 heterocycles. The second kappa shape index (κ2) is 5.40. The van der Waals surface area contributed by atoms with Crippen molar-refractivity contribution >= 4 is 28.6 Å². The summed E-state index contributed by atoms with van der Waals surface area (Å²) in [6.45, 7) is 0. The Hall–Kier alpha value is -0.620. The standard InChI is InChI=1S/C15H18INO2/c1-19-15(18)14-12(8-11-6-7-13(14)17-11)9-2-4-10(16)5-3-9/h2-5,11-14,17H,6-8H2,1H3/t11-,12+,13+,14?/m0/s1. The molecule has 1 aromatic rings. The van der Waals surface area contributed by atoms with Gasteiger partial charge in [0.25, 0.3) is 0 Å². The first-order valence-corrected chi connectivity index (χ1v) is 7.86. The Morgan fingerprint density at radius 2 is 2.05 bits per heavy atom. The Kier molecular flexibility index (Phi) is 3.80. The van der Waals surface area contributed by atoms with Gasteiger partial charge in [-0.15, -0.1) is 0 Å². The number of nitrogens with one attached hydrogen (secondary N) is 1. The molecule has 3 nitrogen and oxygen atoms in total. The summed E-state index contributed by atoms with van der Waals surface area (Å²) in [5, 5.41) is 3.56. The van der Waals surface area contributed by atoms with Crippen LogP contribution >= 0.6 is 22.6 Å². The van der Waals surface area contributed by atoms with Gasteiger partial charge in [0.1, 0.15) is 0 Å². The first kappa shape index (κ1) is 13.4. The smallest absolute Gasteiger partial charge is 0.310 e. The number of rotatable bonds is 2. The Bertz CT molecular complexity index is 474. The SMILES string of the molecule is COC(=O)C1[C@@H](c2ccc(I)cc2)C[C@@H]2CC[C@H]1N2. The third kappa shape index (κ3) is 2.52. The number of esters is 1. The Morgan fingerprint density at radius 1 is 1.32 bits per heavy atom.